The monoisotopic (exact) mass is 356 g/mol. The predicted molar refractivity (Wildman–Crippen MR) is 96.3 cm³/mol. The Kier molecular flexibility index (Phi) is 4.37. The van der Waals surface area contributed by atoms with Crippen molar-refractivity contribution in [2.24, 2.45) is 7.05 Å². The molecule has 1 aliphatic rings. The number of hydrogen-bond acceptors (Lipinski definition) is 5. The number of rotatable bonds is 4. The number of nitrogens with one attached hydrogen (secondary N) is 1. The minimum atomic E-state index is 0.0000777. The van der Waals surface area contributed by atoms with Crippen molar-refractivity contribution in [3.05, 3.63) is 47.2 Å². The van der Waals surface area contributed by atoms with Crippen LogP contribution in [0.1, 0.15) is 16.1 Å². The smallest absolute Gasteiger partial charge is 0.274 e. The molecule has 0 saturated carbocycles. The standard InChI is InChI=1S/C17H20N6OS/c1-21-11-13(10-18-21)12-22-4-6-23(7-5-22)17(24)15-9-14(19-20-15)16-3-2-8-25-16/h2-3,8-11H,4-7,12H2,1H3,(H,19,20). The van der Waals surface area contributed by atoms with E-state index in [4.69, 9.17) is 0 Å². The number of piperazine rings is 1. The fourth-order valence-corrected chi connectivity index (χ4v) is 3.76. The minimum Gasteiger partial charge on any atom is -0.335 e. The van der Waals surface area contributed by atoms with Gasteiger partial charge in [0.1, 0.15) is 0 Å². The van der Waals surface area contributed by atoms with Crippen LogP contribution >= 0.6 is 11.3 Å². The number of aromatic amines is 1. The average Bonchev–Trinajstić information content (AvgIpc) is 3.36. The van der Waals surface area contributed by atoms with E-state index in [2.05, 4.69) is 20.2 Å². The molecule has 1 N–H and O–H groups in total. The molecule has 0 aromatic carbocycles. The third-order valence-electron chi connectivity index (χ3n) is 4.41. The summed E-state index contributed by atoms with van der Waals surface area (Å²) in [5.74, 6) is 0.0000777. The summed E-state index contributed by atoms with van der Waals surface area (Å²) in [7, 11) is 1.93. The molecule has 1 amide bonds. The first kappa shape index (κ1) is 16.0. The molecule has 0 spiro atoms. The average molecular weight is 356 g/mol. The molecule has 25 heavy (non-hydrogen) atoms. The zero-order chi connectivity index (χ0) is 17.2. The molecule has 8 heteroatoms. The maximum Gasteiger partial charge on any atom is 0.274 e. The molecule has 0 atom stereocenters. The normalized spacial score (nSPS) is 15.6. The lowest BCUT2D eigenvalue weighted by molar-refractivity contribution is 0.0622. The Morgan fingerprint density at radius 3 is 2.84 bits per heavy atom. The Morgan fingerprint density at radius 2 is 2.16 bits per heavy atom. The van der Waals surface area contributed by atoms with Gasteiger partial charge in [-0.15, -0.1) is 11.3 Å². The molecule has 0 bridgehead atoms. The van der Waals surface area contributed by atoms with Gasteiger partial charge in [-0.2, -0.15) is 10.2 Å². The minimum absolute atomic E-state index is 0.0000777. The predicted octanol–water partition coefficient (Wildman–Crippen LogP) is 1.83. The lowest BCUT2D eigenvalue weighted by Crippen LogP contribution is -2.48. The Labute approximate surface area is 149 Å². The van der Waals surface area contributed by atoms with Gasteiger partial charge >= 0.3 is 0 Å². The van der Waals surface area contributed by atoms with Crippen molar-refractivity contribution in [3.8, 4) is 10.6 Å². The van der Waals surface area contributed by atoms with E-state index in [9.17, 15) is 4.79 Å². The highest BCUT2D eigenvalue weighted by Crippen LogP contribution is 2.23. The van der Waals surface area contributed by atoms with Crippen molar-refractivity contribution in [3.63, 3.8) is 0 Å². The van der Waals surface area contributed by atoms with Gasteiger partial charge in [-0.25, -0.2) is 0 Å². The summed E-state index contributed by atoms with van der Waals surface area (Å²) in [6.45, 7) is 4.05. The molecule has 3 aromatic rings. The van der Waals surface area contributed by atoms with E-state index >= 15 is 0 Å². The molecule has 1 aliphatic heterocycles. The van der Waals surface area contributed by atoms with Gasteiger partial charge in [-0.05, 0) is 17.5 Å². The van der Waals surface area contributed by atoms with E-state index < -0.39 is 0 Å². The molecule has 4 rings (SSSR count). The highest BCUT2D eigenvalue weighted by Gasteiger charge is 2.24. The first-order valence-electron chi connectivity index (χ1n) is 8.27. The maximum atomic E-state index is 12.7. The number of amides is 1. The second kappa shape index (κ2) is 6.81. The van der Waals surface area contributed by atoms with E-state index in [0.29, 0.717) is 5.69 Å². The number of thiophene rings is 1. The number of carbonyl (C=O) groups is 1. The lowest BCUT2D eigenvalue weighted by atomic mass is 10.2. The van der Waals surface area contributed by atoms with Gasteiger partial charge < -0.3 is 4.90 Å². The van der Waals surface area contributed by atoms with E-state index in [1.165, 1.54) is 5.56 Å². The number of aromatic nitrogens is 4. The molecule has 7 nitrogen and oxygen atoms in total. The van der Waals surface area contributed by atoms with Crippen LogP contribution in [0, 0.1) is 0 Å². The van der Waals surface area contributed by atoms with Crippen LogP contribution in [0.2, 0.25) is 0 Å². The van der Waals surface area contributed by atoms with Gasteiger partial charge in [0.15, 0.2) is 5.69 Å². The third-order valence-corrected chi connectivity index (χ3v) is 5.31. The Morgan fingerprint density at radius 1 is 1.32 bits per heavy atom. The molecule has 4 heterocycles. The zero-order valence-electron chi connectivity index (χ0n) is 14.1. The van der Waals surface area contributed by atoms with Crippen LogP contribution in [0.5, 0.6) is 0 Å². The molecule has 3 aromatic heterocycles. The first-order valence-corrected chi connectivity index (χ1v) is 9.15. The van der Waals surface area contributed by atoms with Gasteiger partial charge in [0.25, 0.3) is 5.91 Å². The summed E-state index contributed by atoms with van der Waals surface area (Å²) in [5, 5.41) is 13.4. The van der Waals surface area contributed by atoms with Crippen LogP contribution in [0.4, 0.5) is 0 Å². The summed E-state index contributed by atoms with van der Waals surface area (Å²) in [4.78, 5) is 18.0. The van der Waals surface area contributed by atoms with Crippen molar-refractivity contribution in [2.75, 3.05) is 26.2 Å². The van der Waals surface area contributed by atoms with Crippen molar-refractivity contribution in [1.82, 2.24) is 29.8 Å². The second-order valence-electron chi connectivity index (χ2n) is 6.23. The topological polar surface area (TPSA) is 70.0 Å². The van der Waals surface area contributed by atoms with Gasteiger partial charge in [0, 0.05) is 51.5 Å². The number of H-pyrrole nitrogens is 1. The van der Waals surface area contributed by atoms with Crippen LogP contribution in [0.25, 0.3) is 10.6 Å². The molecule has 0 unspecified atom stereocenters. The Balaban J connectivity index is 1.35. The van der Waals surface area contributed by atoms with Crippen molar-refractivity contribution >= 4 is 17.2 Å². The van der Waals surface area contributed by atoms with E-state index in [1.807, 2.05) is 52.6 Å². The molecule has 0 aliphatic carbocycles. The van der Waals surface area contributed by atoms with E-state index in [1.54, 1.807) is 11.3 Å². The van der Waals surface area contributed by atoms with Gasteiger partial charge in [0.2, 0.25) is 0 Å². The van der Waals surface area contributed by atoms with Crippen LogP contribution in [-0.4, -0.2) is 61.9 Å². The highest BCUT2D eigenvalue weighted by molar-refractivity contribution is 7.13. The van der Waals surface area contributed by atoms with E-state index in [-0.39, 0.29) is 5.91 Å². The van der Waals surface area contributed by atoms with Gasteiger partial charge in [-0.1, -0.05) is 6.07 Å². The largest absolute Gasteiger partial charge is 0.335 e. The van der Waals surface area contributed by atoms with Crippen LogP contribution in [0.15, 0.2) is 36.0 Å². The lowest BCUT2D eigenvalue weighted by Gasteiger charge is -2.34. The summed E-state index contributed by atoms with van der Waals surface area (Å²) in [5.41, 5.74) is 2.59. The van der Waals surface area contributed by atoms with Crippen molar-refractivity contribution < 1.29 is 4.79 Å². The number of nitrogens with zero attached hydrogens (tertiary/aromatic N) is 5. The zero-order valence-corrected chi connectivity index (χ0v) is 14.9. The van der Waals surface area contributed by atoms with Crippen molar-refractivity contribution in [1.29, 1.82) is 0 Å². The maximum absolute atomic E-state index is 12.7. The Bertz CT molecular complexity index is 844. The molecular formula is C17H20N6OS. The number of hydrogen-bond donors (Lipinski definition) is 1. The van der Waals surface area contributed by atoms with Crippen LogP contribution < -0.4 is 0 Å². The van der Waals surface area contributed by atoms with Crippen molar-refractivity contribution in [2.45, 2.75) is 6.54 Å². The van der Waals surface area contributed by atoms with Gasteiger partial charge in [0.05, 0.1) is 16.8 Å². The van der Waals surface area contributed by atoms with E-state index in [0.717, 1.165) is 43.3 Å². The fraction of sp³-hybridized carbons (Fsp3) is 0.353. The quantitative estimate of drug-likeness (QED) is 0.774. The molecular weight excluding hydrogens is 336 g/mol. The number of carbonyl (C=O) groups excluding carboxylic acids is 1. The number of aryl methyl sites for hydroxylation is 1. The first-order chi connectivity index (χ1) is 12.2. The van der Waals surface area contributed by atoms with Crippen LogP contribution in [-0.2, 0) is 13.6 Å². The molecule has 130 valence electrons. The summed E-state index contributed by atoms with van der Waals surface area (Å²) < 4.78 is 1.82. The Hall–Kier alpha value is -2.45. The molecule has 0 radical (unpaired) electrons. The summed E-state index contributed by atoms with van der Waals surface area (Å²) >= 11 is 1.63. The SMILES string of the molecule is Cn1cc(CN2CCN(C(=O)c3cc(-c4cccs4)[nH]n3)CC2)cn1. The van der Waals surface area contributed by atoms with Gasteiger partial charge in [-0.3, -0.25) is 19.5 Å². The third kappa shape index (κ3) is 3.49. The second-order valence-corrected chi connectivity index (χ2v) is 7.18. The fourth-order valence-electron chi connectivity index (χ4n) is 3.07. The highest BCUT2D eigenvalue weighted by atomic mass is 32.1. The van der Waals surface area contributed by atoms with Crippen LogP contribution in [0.3, 0.4) is 0 Å². The molecule has 1 saturated heterocycles. The molecule has 1 fully saturated rings. The summed E-state index contributed by atoms with van der Waals surface area (Å²) in [6.07, 6.45) is 3.93. The summed E-state index contributed by atoms with van der Waals surface area (Å²) in [6, 6.07) is 5.85.